The molecule has 1 saturated heterocycles. The smallest absolute Gasteiger partial charge is 0.378 e. The summed E-state index contributed by atoms with van der Waals surface area (Å²) >= 11 is 0. The molecule has 3 rings (SSSR count). The van der Waals surface area contributed by atoms with Crippen LogP contribution in [-0.2, 0) is 16.1 Å². The highest BCUT2D eigenvalue weighted by atomic mass is 19.4. The molecule has 0 radical (unpaired) electrons. The molecule has 1 atom stereocenters. The zero-order valence-electron chi connectivity index (χ0n) is 13.8. The summed E-state index contributed by atoms with van der Waals surface area (Å²) in [7, 11) is 0. The predicted octanol–water partition coefficient (Wildman–Crippen LogP) is 1.53. The highest BCUT2D eigenvalue weighted by Crippen LogP contribution is 2.20. The Morgan fingerprint density at radius 1 is 1.38 bits per heavy atom. The van der Waals surface area contributed by atoms with Crippen LogP contribution >= 0.6 is 0 Å². The third kappa shape index (κ3) is 5.02. The van der Waals surface area contributed by atoms with E-state index in [1.807, 2.05) is 10.8 Å². The van der Waals surface area contributed by atoms with Crippen molar-refractivity contribution in [3.63, 3.8) is 0 Å². The predicted molar refractivity (Wildman–Crippen MR) is 86.4 cm³/mol. The van der Waals surface area contributed by atoms with Crippen LogP contribution in [0.4, 0.5) is 19.0 Å². The van der Waals surface area contributed by atoms with Gasteiger partial charge in [0.2, 0.25) is 5.91 Å². The number of nitrogens with one attached hydrogen (secondary N) is 1. The maximum absolute atomic E-state index is 12.7. The Kier molecular flexibility index (Phi) is 5.52. The van der Waals surface area contributed by atoms with Crippen LogP contribution in [0.1, 0.15) is 5.56 Å². The van der Waals surface area contributed by atoms with Crippen LogP contribution in [0.3, 0.4) is 0 Å². The average molecular weight is 369 g/mol. The van der Waals surface area contributed by atoms with Gasteiger partial charge in [0.1, 0.15) is 11.9 Å². The molecule has 0 saturated carbocycles. The number of rotatable bonds is 5. The zero-order chi connectivity index (χ0) is 18.6. The summed E-state index contributed by atoms with van der Waals surface area (Å²) in [6.07, 6.45) is 2.38. The van der Waals surface area contributed by atoms with Gasteiger partial charge in [-0.05, 0) is 11.6 Å². The molecule has 1 N–H and O–H groups in total. The fraction of sp³-hybridized carbons (Fsp3) is 0.438. The first-order valence-corrected chi connectivity index (χ1v) is 8.01. The number of amides is 1. The third-order valence-corrected chi connectivity index (χ3v) is 3.92. The van der Waals surface area contributed by atoms with Gasteiger partial charge in [-0.3, -0.25) is 9.69 Å². The van der Waals surface area contributed by atoms with Crippen molar-refractivity contribution in [1.82, 2.24) is 19.4 Å². The Labute approximate surface area is 147 Å². The molecule has 1 aliphatic rings. The molecule has 2 aromatic rings. The van der Waals surface area contributed by atoms with Crippen LogP contribution in [0, 0.1) is 0 Å². The van der Waals surface area contributed by atoms with Crippen molar-refractivity contribution >= 4 is 11.7 Å². The molecule has 3 heterocycles. The van der Waals surface area contributed by atoms with Crippen molar-refractivity contribution in [3.05, 3.63) is 42.6 Å². The lowest BCUT2D eigenvalue weighted by Crippen LogP contribution is -2.54. The van der Waals surface area contributed by atoms with E-state index in [1.54, 1.807) is 30.9 Å². The zero-order valence-corrected chi connectivity index (χ0v) is 13.8. The van der Waals surface area contributed by atoms with E-state index < -0.39 is 24.7 Å². The fourth-order valence-corrected chi connectivity index (χ4v) is 2.69. The summed E-state index contributed by atoms with van der Waals surface area (Å²) in [5.74, 6) is -0.286. The number of carbonyl (C=O) groups excluding carboxylic acids is 1. The number of anilines is 1. The van der Waals surface area contributed by atoms with Gasteiger partial charge in [0.15, 0.2) is 0 Å². The molecule has 10 heteroatoms. The maximum Gasteiger partial charge on any atom is 0.401 e. The summed E-state index contributed by atoms with van der Waals surface area (Å²) in [6.45, 7) is -0.431. The largest absolute Gasteiger partial charge is 0.401 e. The van der Waals surface area contributed by atoms with E-state index >= 15 is 0 Å². The van der Waals surface area contributed by atoms with E-state index in [0.717, 1.165) is 10.5 Å². The molecule has 7 nitrogen and oxygen atoms in total. The Balaban J connectivity index is 1.61. The Bertz CT molecular complexity index is 718. The van der Waals surface area contributed by atoms with Crippen LogP contribution in [0.2, 0.25) is 0 Å². The van der Waals surface area contributed by atoms with Crippen molar-refractivity contribution in [2.24, 2.45) is 0 Å². The summed E-state index contributed by atoms with van der Waals surface area (Å²) in [5, 5.41) is 2.56. The second kappa shape index (κ2) is 7.83. The van der Waals surface area contributed by atoms with Gasteiger partial charge in [-0.1, -0.05) is 6.07 Å². The van der Waals surface area contributed by atoms with E-state index in [4.69, 9.17) is 4.74 Å². The van der Waals surface area contributed by atoms with Crippen molar-refractivity contribution in [3.8, 4) is 0 Å². The molecule has 0 spiro atoms. The molecule has 140 valence electrons. The van der Waals surface area contributed by atoms with E-state index in [-0.39, 0.29) is 25.6 Å². The van der Waals surface area contributed by atoms with Gasteiger partial charge in [-0.15, -0.1) is 0 Å². The quantitative estimate of drug-likeness (QED) is 0.865. The van der Waals surface area contributed by atoms with Crippen LogP contribution in [0.5, 0.6) is 0 Å². The first-order chi connectivity index (χ1) is 12.4. The van der Waals surface area contributed by atoms with Crippen molar-refractivity contribution in [2.45, 2.75) is 18.8 Å². The second-order valence-corrected chi connectivity index (χ2v) is 5.95. The van der Waals surface area contributed by atoms with Gasteiger partial charge in [0.25, 0.3) is 0 Å². The molecule has 26 heavy (non-hydrogen) atoms. The number of imidazole rings is 1. The molecule has 1 unspecified atom stereocenters. The standard InChI is InChI=1S/C16H18F3N5O2/c17-16(18,19)10-24-5-6-26-9-13(24)15(25)22-14-2-1-12(7-21-14)8-23-4-3-20-11-23/h1-4,7,11,13H,5-6,8-10H2,(H,21,22,25). The maximum atomic E-state index is 12.7. The number of halogens is 3. The van der Waals surface area contributed by atoms with E-state index in [1.165, 1.54) is 0 Å². The number of morpholine rings is 1. The minimum absolute atomic E-state index is 0.0505. The van der Waals surface area contributed by atoms with E-state index in [0.29, 0.717) is 6.54 Å². The lowest BCUT2D eigenvalue weighted by atomic mass is 10.2. The van der Waals surface area contributed by atoms with Crippen LogP contribution in [-0.4, -0.2) is 63.9 Å². The monoisotopic (exact) mass is 369 g/mol. The normalized spacial score (nSPS) is 18.7. The second-order valence-electron chi connectivity index (χ2n) is 5.95. The van der Waals surface area contributed by atoms with Crippen LogP contribution in [0.25, 0.3) is 0 Å². The number of hydrogen-bond donors (Lipinski definition) is 1. The van der Waals surface area contributed by atoms with Crippen LogP contribution < -0.4 is 5.32 Å². The summed E-state index contributed by atoms with van der Waals surface area (Å²) in [4.78, 5) is 21.5. The topological polar surface area (TPSA) is 72.3 Å². The lowest BCUT2D eigenvalue weighted by Gasteiger charge is -2.34. The fourth-order valence-electron chi connectivity index (χ4n) is 2.69. The van der Waals surface area contributed by atoms with Gasteiger partial charge < -0.3 is 14.6 Å². The van der Waals surface area contributed by atoms with Gasteiger partial charge >= 0.3 is 6.18 Å². The number of aromatic nitrogens is 3. The van der Waals surface area contributed by atoms with Crippen molar-refractivity contribution < 1.29 is 22.7 Å². The number of pyridine rings is 1. The molecule has 0 bridgehead atoms. The number of hydrogen-bond acceptors (Lipinski definition) is 5. The van der Waals surface area contributed by atoms with E-state index in [2.05, 4.69) is 15.3 Å². The molecule has 2 aromatic heterocycles. The van der Waals surface area contributed by atoms with Gasteiger partial charge in [-0.2, -0.15) is 13.2 Å². The molecule has 1 aliphatic heterocycles. The number of nitrogens with zero attached hydrogens (tertiary/aromatic N) is 4. The molecular formula is C16H18F3N5O2. The molecule has 1 fully saturated rings. The minimum atomic E-state index is -4.37. The highest BCUT2D eigenvalue weighted by molar-refractivity contribution is 5.94. The van der Waals surface area contributed by atoms with Gasteiger partial charge in [0, 0.05) is 31.7 Å². The number of alkyl halides is 3. The van der Waals surface area contributed by atoms with Crippen LogP contribution in [0.15, 0.2) is 37.1 Å². The first kappa shape index (κ1) is 18.3. The summed E-state index contributed by atoms with van der Waals surface area (Å²) < 4.78 is 45.0. The van der Waals surface area contributed by atoms with Gasteiger partial charge in [-0.25, -0.2) is 9.97 Å². The number of ether oxygens (including phenoxy) is 1. The van der Waals surface area contributed by atoms with Crippen molar-refractivity contribution in [2.75, 3.05) is 31.6 Å². The molecular weight excluding hydrogens is 351 g/mol. The average Bonchev–Trinajstić information content (AvgIpc) is 3.08. The molecule has 0 aliphatic carbocycles. The SMILES string of the molecule is O=C(Nc1ccc(Cn2ccnc2)cn1)C1COCCN1CC(F)(F)F. The van der Waals surface area contributed by atoms with Gasteiger partial charge in [0.05, 0.1) is 26.1 Å². The Hall–Kier alpha value is -2.46. The minimum Gasteiger partial charge on any atom is -0.378 e. The Morgan fingerprint density at radius 3 is 2.88 bits per heavy atom. The third-order valence-electron chi connectivity index (χ3n) is 3.92. The first-order valence-electron chi connectivity index (χ1n) is 8.01. The molecule has 1 amide bonds. The van der Waals surface area contributed by atoms with Crippen molar-refractivity contribution in [1.29, 1.82) is 0 Å². The lowest BCUT2D eigenvalue weighted by molar-refractivity contribution is -0.165. The summed E-state index contributed by atoms with van der Waals surface area (Å²) in [5.41, 5.74) is 0.903. The highest BCUT2D eigenvalue weighted by Gasteiger charge is 2.38. The molecule has 0 aromatic carbocycles. The number of carbonyl (C=O) groups is 1. The van der Waals surface area contributed by atoms with E-state index in [9.17, 15) is 18.0 Å². The summed E-state index contributed by atoms with van der Waals surface area (Å²) in [6, 6.07) is 2.40. The Morgan fingerprint density at radius 2 is 2.23 bits per heavy atom.